The highest BCUT2D eigenvalue weighted by Gasteiger charge is 2.17. The van der Waals surface area contributed by atoms with Gasteiger partial charge in [0.2, 0.25) is 0 Å². The smallest absolute Gasteiger partial charge is 0.147 e. The molecular weight excluding hydrogens is 220 g/mol. The Hall–Kier alpha value is -1.27. The lowest BCUT2D eigenvalue weighted by Gasteiger charge is -2.23. The number of aryl methyl sites for hydroxylation is 2. The number of nitrogens with one attached hydrogen (secondary N) is 1. The largest absolute Gasteiger partial charge is 0.394 e. The Bertz CT molecular complexity index is 372. The Morgan fingerprint density at radius 3 is 2.94 bits per heavy atom. The van der Waals surface area contributed by atoms with Crippen LogP contribution < -0.4 is 11.1 Å². The van der Waals surface area contributed by atoms with Crippen LogP contribution >= 0.6 is 0 Å². The van der Waals surface area contributed by atoms with Crippen molar-refractivity contribution in [3.8, 4) is 0 Å². The van der Waals surface area contributed by atoms with Crippen LogP contribution in [0, 0.1) is 0 Å². The average molecular weight is 240 g/mol. The molecule has 1 fully saturated rings. The summed E-state index contributed by atoms with van der Waals surface area (Å²) in [4.78, 5) is 0. The van der Waals surface area contributed by atoms with Crippen molar-refractivity contribution in [3.05, 3.63) is 5.69 Å². The Balaban J connectivity index is 1.95. The molecule has 2 heterocycles. The van der Waals surface area contributed by atoms with Crippen LogP contribution in [-0.4, -0.2) is 42.2 Å². The van der Waals surface area contributed by atoms with Crippen molar-refractivity contribution >= 4 is 11.5 Å². The number of nitrogens with zero attached hydrogens (tertiary/aromatic N) is 2. The van der Waals surface area contributed by atoms with E-state index in [4.69, 9.17) is 15.2 Å². The molecule has 1 aromatic rings. The number of hydrogen-bond donors (Lipinski definition) is 2. The standard InChI is InChI=1S/C11H20N4O2/c1-3-9-10(12)11(15(2)14-9)13-6-8-7-16-4-5-17-8/h8,13H,3-7,12H2,1-2H3. The van der Waals surface area contributed by atoms with Crippen molar-refractivity contribution in [1.29, 1.82) is 0 Å². The molecule has 1 aliphatic heterocycles. The van der Waals surface area contributed by atoms with Crippen LogP contribution in [0.25, 0.3) is 0 Å². The van der Waals surface area contributed by atoms with E-state index in [0.29, 0.717) is 26.4 Å². The second kappa shape index (κ2) is 5.37. The number of rotatable bonds is 4. The van der Waals surface area contributed by atoms with Crippen molar-refractivity contribution in [2.24, 2.45) is 7.05 Å². The summed E-state index contributed by atoms with van der Waals surface area (Å²) in [7, 11) is 1.89. The molecule has 0 bridgehead atoms. The van der Waals surface area contributed by atoms with Gasteiger partial charge in [-0.3, -0.25) is 4.68 Å². The summed E-state index contributed by atoms with van der Waals surface area (Å²) < 4.78 is 12.7. The molecule has 0 aromatic carbocycles. The van der Waals surface area contributed by atoms with E-state index in [-0.39, 0.29) is 6.10 Å². The van der Waals surface area contributed by atoms with Gasteiger partial charge in [0.15, 0.2) is 0 Å². The predicted molar refractivity (Wildman–Crippen MR) is 66.0 cm³/mol. The van der Waals surface area contributed by atoms with Gasteiger partial charge in [-0.15, -0.1) is 0 Å². The van der Waals surface area contributed by atoms with Crippen molar-refractivity contribution in [3.63, 3.8) is 0 Å². The van der Waals surface area contributed by atoms with Gasteiger partial charge in [-0.25, -0.2) is 0 Å². The molecular formula is C11H20N4O2. The predicted octanol–water partition coefficient (Wildman–Crippen LogP) is 0.392. The number of nitrogens with two attached hydrogens (primary N) is 1. The van der Waals surface area contributed by atoms with Gasteiger partial charge in [0.05, 0.1) is 37.3 Å². The first-order valence-corrected chi connectivity index (χ1v) is 5.97. The lowest BCUT2D eigenvalue weighted by atomic mass is 10.3. The minimum atomic E-state index is 0.0862. The van der Waals surface area contributed by atoms with Crippen LogP contribution in [0.15, 0.2) is 0 Å². The highest BCUT2D eigenvalue weighted by Crippen LogP contribution is 2.22. The number of hydrogen-bond acceptors (Lipinski definition) is 5. The SMILES string of the molecule is CCc1nn(C)c(NCC2COCCO2)c1N. The molecule has 1 saturated heterocycles. The van der Waals surface area contributed by atoms with Gasteiger partial charge in [0.25, 0.3) is 0 Å². The summed E-state index contributed by atoms with van der Waals surface area (Å²) in [5.41, 5.74) is 7.67. The molecule has 1 aliphatic rings. The van der Waals surface area contributed by atoms with E-state index >= 15 is 0 Å². The molecule has 0 aliphatic carbocycles. The minimum absolute atomic E-state index is 0.0862. The summed E-state index contributed by atoms with van der Waals surface area (Å²) in [6.07, 6.45) is 0.924. The van der Waals surface area contributed by atoms with Gasteiger partial charge in [0, 0.05) is 13.6 Å². The van der Waals surface area contributed by atoms with Crippen molar-refractivity contribution in [2.75, 3.05) is 37.4 Å². The molecule has 1 unspecified atom stereocenters. The second-order valence-electron chi connectivity index (χ2n) is 4.13. The van der Waals surface area contributed by atoms with Crippen molar-refractivity contribution in [2.45, 2.75) is 19.4 Å². The van der Waals surface area contributed by atoms with E-state index in [1.807, 2.05) is 14.0 Å². The van der Waals surface area contributed by atoms with E-state index in [9.17, 15) is 0 Å². The first-order valence-electron chi connectivity index (χ1n) is 5.97. The van der Waals surface area contributed by atoms with Gasteiger partial charge in [0.1, 0.15) is 5.82 Å². The number of anilines is 2. The molecule has 6 heteroatoms. The normalized spacial score (nSPS) is 20.5. The van der Waals surface area contributed by atoms with E-state index in [2.05, 4.69) is 10.4 Å². The minimum Gasteiger partial charge on any atom is -0.394 e. The highest BCUT2D eigenvalue weighted by molar-refractivity contribution is 5.65. The third-order valence-corrected chi connectivity index (χ3v) is 2.88. The van der Waals surface area contributed by atoms with Crippen LogP contribution in [0.4, 0.5) is 11.5 Å². The molecule has 96 valence electrons. The summed E-state index contributed by atoms with van der Waals surface area (Å²) in [6.45, 7) is 4.70. The maximum atomic E-state index is 6.01. The lowest BCUT2D eigenvalue weighted by molar-refractivity contribution is -0.0819. The van der Waals surface area contributed by atoms with Crippen molar-refractivity contribution in [1.82, 2.24) is 9.78 Å². The molecule has 17 heavy (non-hydrogen) atoms. The highest BCUT2D eigenvalue weighted by atomic mass is 16.6. The molecule has 1 atom stereocenters. The zero-order chi connectivity index (χ0) is 12.3. The maximum Gasteiger partial charge on any atom is 0.147 e. The topological polar surface area (TPSA) is 74.3 Å². The first kappa shape index (κ1) is 12.2. The summed E-state index contributed by atoms with van der Waals surface area (Å²) >= 11 is 0. The summed E-state index contributed by atoms with van der Waals surface area (Å²) in [5, 5.41) is 7.63. The first-order chi connectivity index (χ1) is 8.22. The monoisotopic (exact) mass is 240 g/mol. The maximum absolute atomic E-state index is 6.01. The quantitative estimate of drug-likeness (QED) is 0.796. The number of aromatic nitrogens is 2. The number of ether oxygens (including phenoxy) is 2. The fourth-order valence-electron chi connectivity index (χ4n) is 1.93. The van der Waals surface area contributed by atoms with E-state index in [1.54, 1.807) is 4.68 Å². The molecule has 0 amide bonds. The summed E-state index contributed by atoms with van der Waals surface area (Å²) in [5.74, 6) is 0.857. The van der Waals surface area contributed by atoms with Gasteiger partial charge in [-0.05, 0) is 6.42 Å². The van der Waals surface area contributed by atoms with Gasteiger partial charge >= 0.3 is 0 Å². The third kappa shape index (κ3) is 2.70. The zero-order valence-electron chi connectivity index (χ0n) is 10.4. The van der Waals surface area contributed by atoms with E-state index in [1.165, 1.54) is 0 Å². The molecule has 3 N–H and O–H groups in total. The third-order valence-electron chi connectivity index (χ3n) is 2.88. The van der Waals surface area contributed by atoms with Crippen LogP contribution in [0.2, 0.25) is 0 Å². The van der Waals surface area contributed by atoms with E-state index in [0.717, 1.165) is 23.6 Å². The second-order valence-corrected chi connectivity index (χ2v) is 4.13. The Morgan fingerprint density at radius 2 is 2.35 bits per heavy atom. The molecule has 1 aromatic heterocycles. The number of nitrogen functional groups attached to an aromatic ring is 1. The lowest BCUT2D eigenvalue weighted by Crippen LogP contribution is -2.34. The zero-order valence-corrected chi connectivity index (χ0v) is 10.4. The molecule has 6 nitrogen and oxygen atoms in total. The van der Waals surface area contributed by atoms with Crippen LogP contribution in [-0.2, 0) is 22.9 Å². The molecule has 0 radical (unpaired) electrons. The Kier molecular flexibility index (Phi) is 3.86. The van der Waals surface area contributed by atoms with E-state index < -0.39 is 0 Å². The average Bonchev–Trinajstić information content (AvgIpc) is 2.63. The van der Waals surface area contributed by atoms with Crippen LogP contribution in [0.3, 0.4) is 0 Å². The Morgan fingerprint density at radius 1 is 1.53 bits per heavy atom. The van der Waals surface area contributed by atoms with Crippen molar-refractivity contribution < 1.29 is 9.47 Å². The molecule has 0 saturated carbocycles. The van der Waals surface area contributed by atoms with Gasteiger partial charge < -0.3 is 20.5 Å². The summed E-state index contributed by atoms with van der Waals surface area (Å²) in [6, 6.07) is 0. The molecule has 2 rings (SSSR count). The van der Waals surface area contributed by atoms with Gasteiger partial charge in [-0.1, -0.05) is 6.92 Å². The van der Waals surface area contributed by atoms with Crippen LogP contribution in [0.5, 0.6) is 0 Å². The molecule has 0 spiro atoms. The fourth-order valence-corrected chi connectivity index (χ4v) is 1.93. The Labute approximate surface area is 101 Å². The van der Waals surface area contributed by atoms with Crippen LogP contribution in [0.1, 0.15) is 12.6 Å². The fraction of sp³-hybridized carbons (Fsp3) is 0.727. The van der Waals surface area contributed by atoms with Gasteiger partial charge in [-0.2, -0.15) is 5.10 Å².